The highest BCUT2D eigenvalue weighted by molar-refractivity contribution is 5.93. The number of hydrogen-bond donors (Lipinski definition) is 2. The lowest BCUT2D eigenvalue weighted by molar-refractivity contribution is -0.146. The number of alkyl carbamates (subject to hydrolysis) is 1. The van der Waals surface area contributed by atoms with Crippen LogP contribution in [0.4, 0.5) is 4.79 Å². The van der Waals surface area contributed by atoms with Gasteiger partial charge < -0.3 is 25.0 Å². The fourth-order valence-corrected chi connectivity index (χ4v) is 3.98. The summed E-state index contributed by atoms with van der Waals surface area (Å²) in [7, 11) is 1.24. The maximum absolute atomic E-state index is 14.0. The number of ether oxygens (including phenoxy) is 2. The van der Waals surface area contributed by atoms with Crippen molar-refractivity contribution in [1.82, 2.24) is 15.5 Å². The van der Waals surface area contributed by atoms with Crippen molar-refractivity contribution in [2.75, 3.05) is 13.7 Å². The molecule has 200 valence electrons. The lowest BCUT2D eigenvalue weighted by Gasteiger charge is -2.36. The molecular formula is C27H41N3O6. The molecular weight excluding hydrogens is 462 g/mol. The van der Waals surface area contributed by atoms with Gasteiger partial charge in [0.1, 0.15) is 24.2 Å². The zero-order valence-corrected chi connectivity index (χ0v) is 22.7. The van der Waals surface area contributed by atoms with E-state index >= 15 is 0 Å². The van der Waals surface area contributed by atoms with Crippen molar-refractivity contribution in [3.05, 3.63) is 35.4 Å². The third kappa shape index (κ3) is 7.96. The SMILES string of the molecule is CCc1ccc(C(C(=O)NCC(=O)OC)N(C(=O)C(NC(=O)OC(C)(C)C)C(C)C)C2CC2C)cc1. The molecule has 1 aliphatic carbocycles. The molecule has 0 spiro atoms. The predicted molar refractivity (Wildman–Crippen MR) is 136 cm³/mol. The number of amides is 3. The largest absolute Gasteiger partial charge is 0.468 e. The van der Waals surface area contributed by atoms with Crippen molar-refractivity contribution < 1.29 is 28.7 Å². The maximum atomic E-state index is 14.0. The van der Waals surface area contributed by atoms with E-state index in [-0.39, 0.29) is 30.3 Å². The Morgan fingerprint density at radius 2 is 1.69 bits per heavy atom. The van der Waals surface area contributed by atoms with Crippen LogP contribution in [0.2, 0.25) is 0 Å². The van der Waals surface area contributed by atoms with Gasteiger partial charge in [0.15, 0.2) is 0 Å². The molecule has 4 atom stereocenters. The zero-order chi connectivity index (χ0) is 27.2. The van der Waals surface area contributed by atoms with Gasteiger partial charge in [-0.3, -0.25) is 14.4 Å². The van der Waals surface area contributed by atoms with Gasteiger partial charge in [0.2, 0.25) is 11.8 Å². The fraction of sp³-hybridized carbons (Fsp3) is 0.630. The van der Waals surface area contributed by atoms with E-state index in [9.17, 15) is 19.2 Å². The lowest BCUT2D eigenvalue weighted by atomic mass is 9.97. The Bertz CT molecular complexity index is 938. The van der Waals surface area contributed by atoms with Gasteiger partial charge in [-0.25, -0.2) is 4.79 Å². The molecule has 0 saturated heterocycles. The molecule has 4 unspecified atom stereocenters. The van der Waals surface area contributed by atoms with E-state index in [1.54, 1.807) is 25.7 Å². The Labute approximate surface area is 214 Å². The third-order valence-electron chi connectivity index (χ3n) is 6.15. The van der Waals surface area contributed by atoms with E-state index in [2.05, 4.69) is 15.4 Å². The molecule has 9 nitrogen and oxygen atoms in total. The van der Waals surface area contributed by atoms with Gasteiger partial charge in [-0.15, -0.1) is 0 Å². The number of carbonyl (C=O) groups excluding carboxylic acids is 4. The number of nitrogens with zero attached hydrogens (tertiary/aromatic N) is 1. The second kappa shape index (κ2) is 12.2. The second-order valence-corrected chi connectivity index (χ2v) is 10.7. The van der Waals surface area contributed by atoms with Crippen molar-refractivity contribution in [2.45, 2.75) is 85.0 Å². The van der Waals surface area contributed by atoms with Crippen LogP contribution in [0.25, 0.3) is 0 Å². The molecule has 0 heterocycles. The molecule has 3 amide bonds. The second-order valence-electron chi connectivity index (χ2n) is 10.7. The molecule has 1 aromatic carbocycles. The number of hydrogen-bond acceptors (Lipinski definition) is 6. The summed E-state index contributed by atoms with van der Waals surface area (Å²) >= 11 is 0. The molecule has 1 fully saturated rings. The molecule has 2 rings (SSSR count). The van der Waals surface area contributed by atoms with E-state index in [1.165, 1.54) is 7.11 Å². The monoisotopic (exact) mass is 503 g/mol. The van der Waals surface area contributed by atoms with Gasteiger partial charge in [0.05, 0.1) is 7.11 Å². The molecule has 36 heavy (non-hydrogen) atoms. The minimum Gasteiger partial charge on any atom is -0.468 e. The van der Waals surface area contributed by atoms with E-state index in [4.69, 9.17) is 4.74 Å². The Morgan fingerprint density at radius 3 is 2.14 bits per heavy atom. The minimum atomic E-state index is -0.982. The van der Waals surface area contributed by atoms with Gasteiger partial charge in [0.25, 0.3) is 0 Å². The van der Waals surface area contributed by atoms with Crippen LogP contribution in [0, 0.1) is 11.8 Å². The topological polar surface area (TPSA) is 114 Å². The normalized spacial score (nSPS) is 18.6. The first-order valence-corrected chi connectivity index (χ1v) is 12.5. The Kier molecular flexibility index (Phi) is 9.90. The standard InChI is InChI=1S/C27H41N3O6/c1-9-18-10-12-19(13-11-18)23(24(32)28-15-21(31)35-8)30(20-14-17(20)4)25(33)22(16(2)3)29-26(34)36-27(5,6)7/h10-13,16-17,20,22-23H,9,14-15H2,1-8H3,(H,28,32)(H,29,34). The number of aryl methyl sites for hydroxylation is 1. The van der Waals surface area contributed by atoms with Gasteiger partial charge in [0, 0.05) is 6.04 Å². The molecule has 1 saturated carbocycles. The van der Waals surface area contributed by atoms with Crippen LogP contribution in [0.1, 0.15) is 72.1 Å². The molecule has 1 aromatic rings. The van der Waals surface area contributed by atoms with Crippen LogP contribution in [0.3, 0.4) is 0 Å². The highest BCUT2D eigenvalue weighted by Gasteiger charge is 2.48. The number of benzene rings is 1. The third-order valence-corrected chi connectivity index (χ3v) is 6.15. The van der Waals surface area contributed by atoms with E-state index < -0.39 is 35.7 Å². The summed E-state index contributed by atoms with van der Waals surface area (Å²) in [4.78, 5) is 53.4. The molecule has 2 N–H and O–H groups in total. The predicted octanol–water partition coefficient (Wildman–Crippen LogP) is 3.37. The van der Waals surface area contributed by atoms with Crippen molar-refractivity contribution in [3.8, 4) is 0 Å². The van der Waals surface area contributed by atoms with Crippen molar-refractivity contribution in [2.24, 2.45) is 11.8 Å². The number of carbonyl (C=O) groups is 4. The van der Waals surface area contributed by atoms with E-state index in [0.29, 0.717) is 5.56 Å². The van der Waals surface area contributed by atoms with Crippen LogP contribution >= 0.6 is 0 Å². The number of methoxy groups -OCH3 is 1. The summed E-state index contributed by atoms with van der Waals surface area (Å²) in [5.41, 5.74) is 0.995. The Morgan fingerprint density at radius 1 is 1.11 bits per heavy atom. The molecule has 0 bridgehead atoms. The Balaban J connectivity index is 2.46. The van der Waals surface area contributed by atoms with Crippen LogP contribution in [-0.2, 0) is 30.3 Å². The molecule has 0 aliphatic heterocycles. The van der Waals surface area contributed by atoms with Gasteiger partial charge in [-0.05, 0) is 56.6 Å². The molecule has 0 aromatic heterocycles. The van der Waals surface area contributed by atoms with Crippen LogP contribution in [0.5, 0.6) is 0 Å². The molecule has 9 heteroatoms. The van der Waals surface area contributed by atoms with Crippen LogP contribution in [0.15, 0.2) is 24.3 Å². The quantitative estimate of drug-likeness (QED) is 0.473. The smallest absolute Gasteiger partial charge is 0.408 e. The van der Waals surface area contributed by atoms with Crippen molar-refractivity contribution in [3.63, 3.8) is 0 Å². The van der Waals surface area contributed by atoms with Gasteiger partial charge in [-0.2, -0.15) is 0 Å². The first kappa shape index (κ1) is 29.1. The van der Waals surface area contributed by atoms with Crippen molar-refractivity contribution >= 4 is 23.9 Å². The fourth-order valence-electron chi connectivity index (χ4n) is 3.98. The van der Waals surface area contributed by atoms with E-state index in [1.807, 2.05) is 52.0 Å². The minimum absolute atomic E-state index is 0.182. The average Bonchev–Trinajstić information content (AvgIpc) is 3.53. The molecule has 0 radical (unpaired) electrons. The number of esters is 1. The summed E-state index contributed by atoms with van der Waals surface area (Å²) in [5, 5.41) is 5.33. The first-order valence-electron chi connectivity index (χ1n) is 12.5. The van der Waals surface area contributed by atoms with Crippen molar-refractivity contribution in [1.29, 1.82) is 0 Å². The average molecular weight is 504 g/mol. The molecule has 1 aliphatic rings. The zero-order valence-electron chi connectivity index (χ0n) is 22.7. The highest BCUT2D eigenvalue weighted by Crippen LogP contribution is 2.41. The summed E-state index contributed by atoms with van der Waals surface area (Å²) < 4.78 is 10.0. The van der Waals surface area contributed by atoms with Gasteiger partial charge >= 0.3 is 12.1 Å². The summed E-state index contributed by atoms with van der Waals surface area (Å²) in [5.74, 6) is -1.52. The highest BCUT2D eigenvalue weighted by atomic mass is 16.6. The maximum Gasteiger partial charge on any atom is 0.408 e. The number of rotatable bonds is 10. The lowest BCUT2D eigenvalue weighted by Crippen LogP contribution is -2.56. The van der Waals surface area contributed by atoms with Crippen LogP contribution in [-0.4, -0.2) is 60.1 Å². The first-order chi connectivity index (χ1) is 16.8. The summed E-state index contributed by atoms with van der Waals surface area (Å²) in [6.45, 7) is 12.6. The Hall–Kier alpha value is -3.10. The van der Waals surface area contributed by atoms with E-state index in [0.717, 1.165) is 18.4 Å². The summed E-state index contributed by atoms with van der Waals surface area (Å²) in [6.07, 6.45) is 0.866. The number of nitrogens with one attached hydrogen (secondary N) is 2. The summed E-state index contributed by atoms with van der Waals surface area (Å²) in [6, 6.07) is 5.45. The van der Waals surface area contributed by atoms with Crippen LogP contribution < -0.4 is 10.6 Å². The van der Waals surface area contributed by atoms with Gasteiger partial charge in [-0.1, -0.05) is 52.0 Å².